The minimum atomic E-state index is -2.97. The van der Waals surface area contributed by atoms with Crippen molar-refractivity contribution < 1.29 is 13.5 Å². The molecule has 0 unspecified atom stereocenters. The zero-order valence-electron chi connectivity index (χ0n) is 6.95. The van der Waals surface area contributed by atoms with E-state index in [-0.39, 0.29) is 18.1 Å². The number of H-pyrrole nitrogens is 1. The molecule has 1 aliphatic rings. The molecule has 13 heavy (non-hydrogen) atoms. The second-order valence-corrected chi connectivity index (χ2v) is 5.31. The zero-order valence-corrected chi connectivity index (χ0v) is 7.76. The molecular weight excluding hydrogens is 192 g/mol. The summed E-state index contributed by atoms with van der Waals surface area (Å²) in [5.74, 6) is 0.182. The molecule has 2 N–H and O–H groups in total. The topological polar surface area (TPSA) is 83.0 Å². The van der Waals surface area contributed by atoms with Crippen molar-refractivity contribution in [2.45, 2.75) is 18.8 Å². The number of aliphatic hydroxyl groups is 1. The van der Waals surface area contributed by atoms with E-state index in [4.69, 9.17) is 5.11 Å². The van der Waals surface area contributed by atoms with Gasteiger partial charge in [0, 0.05) is 17.7 Å². The van der Waals surface area contributed by atoms with E-state index in [0.29, 0.717) is 17.7 Å². The van der Waals surface area contributed by atoms with Crippen LogP contribution in [0.15, 0.2) is 0 Å². The van der Waals surface area contributed by atoms with Gasteiger partial charge in [0.25, 0.3) is 0 Å². The maximum absolute atomic E-state index is 11.3. The van der Waals surface area contributed by atoms with Gasteiger partial charge in [-0.2, -0.15) is 5.10 Å². The Labute approximate surface area is 75.7 Å². The SMILES string of the molecule is O=S1(=O)CCc2[nH]nc(CO)c2C1. The molecule has 6 heteroatoms. The van der Waals surface area contributed by atoms with Crippen molar-refractivity contribution in [2.24, 2.45) is 0 Å². The first-order valence-corrected chi connectivity index (χ1v) is 5.81. The summed E-state index contributed by atoms with van der Waals surface area (Å²) in [6.07, 6.45) is 0.477. The molecule has 2 heterocycles. The van der Waals surface area contributed by atoms with Gasteiger partial charge in [-0.25, -0.2) is 8.42 Å². The van der Waals surface area contributed by atoms with Gasteiger partial charge in [-0.3, -0.25) is 5.10 Å². The highest BCUT2D eigenvalue weighted by atomic mass is 32.2. The molecule has 0 amide bonds. The highest BCUT2D eigenvalue weighted by molar-refractivity contribution is 7.90. The lowest BCUT2D eigenvalue weighted by Gasteiger charge is -2.11. The predicted octanol–water partition coefficient (Wildman–Crippen LogP) is -0.627. The average Bonchev–Trinajstić information content (AvgIpc) is 2.44. The Kier molecular flexibility index (Phi) is 1.88. The average molecular weight is 202 g/mol. The molecule has 1 aromatic rings. The third-order valence-corrected chi connectivity index (χ3v) is 3.77. The van der Waals surface area contributed by atoms with Crippen LogP contribution in [0.3, 0.4) is 0 Å². The van der Waals surface area contributed by atoms with Crippen LogP contribution in [0.25, 0.3) is 0 Å². The number of nitrogens with one attached hydrogen (secondary N) is 1. The highest BCUT2D eigenvalue weighted by Gasteiger charge is 2.25. The van der Waals surface area contributed by atoms with E-state index in [2.05, 4.69) is 10.2 Å². The second-order valence-electron chi connectivity index (χ2n) is 3.13. The Morgan fingerprint density at radius 3 is 3.00 bits per heavy atom. The first-order chi connectivity index (χ1) is 6.12. The van der Waals surface area contributed by atoms with E-state index < -0.39 is 9.84 Å². The Balaban J connectivity index is 2.47. The Morgan fingerprint density at radius 2 is 2.31 bits per heavy atom. The number of fused-ring (bicyclic) bond motifs is 1. The van der Waals surface area contributed by atoms with Crippen LogP contribution in [-0.4, -0.2) is 29.5 Å². The predicted molar refractivity (Wildman–Crippen MR) is 45.7 cm³/mol. The van der Waals surface area contributed by atoms with Crippen LogP contribution in [0.2, 0.25) is 0 Å². The molecule has 0 aromatic carbocycles. The molecule has 1 aromatic heterocycles. The number of nitrogens with zero attached hydrogens (tertiary/aromatic N) is 1. The van der Waals surface area contributed by atoms with Gasteiger partial charge in [0.15, 0.2) is 9.84 Å². The van der Waals surface area contributed by atoms with Crippen LogP contribution in [-0.2, 0) is 28.6 Å². The molecule has 0 aliphatic carbocycles. The lowest BCUT2D eigenvalue weighted by atomic mass is 10.2. The Bertz CT molecular complexity index is 407. The number of hydrogen-bond acceptors (Lipinski definition) is 4. The van der Waals surface area contributed by atoms with Crippen LogP contribution in [0.5, 0.6) is 0 Å². The fourth-order valence-electron chi connectivity index (χ4n) is 1.50. The van der Waals surface area contributed by atoms with Crippen LogP contribution in [0, 0.1) is 0 Å². The normalized spacial score (nSPS) is 19.8. The minimum Gasteiger partial charge on any atom is -0.390 e. The quantitative estimate of drug-likeness (QED) is 0.635. The van der Waals surface area contributed by atoms with E-state index in [1.54, 1.807) is 0 Å². The third-order valence-electron chi connectivity index (χ3n) is 2.22. The lowest BCUT2D eigenvalue weighted by molar-refractivity contribution is 0.276. The minimum absolute atomic E-state index is 0.00866. The van der Waals surface area contributed by atoms with Crippen LogP contribution >= 0.6 is 0 Å². The summed E-state index contributed by atoms with van der Waals surface area (Å²) in [4.78, 5) is 0. The number of hydrogen-bond donors (Lipinski definition) is 2. The van der Waals surface area contributed by atoms with Gasteiger partial charge in [0.05, 0.1) is 23.8 Å². The van der Waals surface area contributed by atoms with Gasteiger partial charge in [-0.05, 0) is 0 Å². The van der Waals surface area contributed by atoms with E-state index in [1.807, 2.05) is 0 Å². The van der Waals surface area contributed by atoms with E-state index in [0.717, 1.165) is 5.69 Å². The summed E-state index contributed by atoms with van der Waals surface area (Å²) in [5.41, 5.74) is 1.96. The summed E-state index contributed by atoms with van der Waals surface area (Å²) in [6, 6.07) is 0. The van der Waals surface area contributed by atoms with Crippen molar-refractivity contribution in [2.75, 3.05) is 5.75 Å². The summed E-state index contributed by atoms with van der Waals surface area (Å²) in [5, 5.41) is 15.5. The first-order valence-electron chi connectivity index (χ1n) is 3.98. The molecule has 0 saturated heterocycles. The maximum atomic E-state index is 11.3. The molecule has 0 radical (unpaired) electrons. The highest BCUT2D eigenvalue weighted by Crippen LogP contribution is 2.21. The number of aliphatic hydroxyl groups excluding tert-OH is 1. The fraction of sp³-hybridized carbons (Fsp3) is 0.571. The zero-order chi connectivity index (χ0) is 9.47. The molecule has 5 nitrogen and oxygen atoms in total. The monoisotopic (exact) mass is 202 g/mol. The van der Waals surface area contributed by atoms with Crippen molar-refractivity contribution in [3.63, 3.8) is 0 Å². The standard InChI is InChI=1S/C7H10N2O3S/c10-3-7-5-4-13(11,12)2-1-6(5)8-9-7/h10H,1-4H2,(H,8,9). The van der Waals surface area contributed by atoms with Crippen LogP contribution in [0.4, 0.5) is 0 Å². The number of rotatable bonds is 1. The molecule has 0 bridgehead atoms. The maximum Gasteiger partial charge on any atom is 0.154 e. The Morgan fingerprint density at radius 1 is 1.54 bits per heavy atom. The fourth-order valence-corrected chi connectivity index (χ4v) is 2.94. The molecular formula is C7H10N2O3S. The number of aryl methyl sites for hydroxylation is 1. The van der Waals surface area contributed by atoms with Crippen molar-refractivity contribution in [1.29, 1.82) is 0 Å². The lowest BCUT2D eigenvalue weighted by Crippen LogP contribution is -2.19. The van der Waals surface area contributed by atoms with Gasteiger partial charge >= 0.3 is 0 Å². The van der Waals surface area contributed by atoms with Crippen molar-refractivity contribution in [3.8, 4) is 0 Å². The van der Waals surface area contributed by atoms with Crippen LogP contribution in [0.1, 0.15) is 17.0 Å². The van der Waals surface area contributed by atoms with Crippen molar-refractivity contribution >= 4 is 9.84 Å². The first kappa shape index (κ1) is 8.71. The van der Waals surface area contributed by atoms with Crippen molar-refractivity contribution in [1.82, 2.24) is 10.2 Å². The summed E-state index contributed by atoms with van der Waals surface area (Å²) < 4.78 is 22.5. The Hall–Kier alpha value is -0.880. The third kappa shape index (κ3) is 1.47. The van der Waals surface area contributed by atoms with E-state index in [9.17, 15) is 8.42 Å². The molecule has 0 saturated carbocycles. The summed E-state index contributed by atoms with van der Waals surface area (Å²) >= 11 is 0. The molecule has 0 atom stereocenters. The van der Waals surface area contributed by atoms with E-state index in [1.165, 1.54) is 0 Å². The molecule has 0 spiro atoms. The summed E-state index contributed by atoms with van der Waals surface area (Å²) in [7, 11) is -2.97. The van der Waals surface area contributed by atoms with Gasteiger partial charge in [0.1, 0.15) is 0 Å². The van der Waals surface area contributed by atoms with Gasteiger partial charge in [-0.1, -0.05) is 0 Å². The number of sulfone groups is 1. The molecule has 2 rings (SSSR count). The molecule has 1 aliphatic heterocycles. The number of aromatic nitrogens is 2. The molecule has 0 fully saturated rings. The van der Waals surface area contributed by atoms with Gasteiger partial charge in [-0.15, -0.1) is 0 Å². The summed E-state index contributed by atoms with van der Waals surface area (Å²) in [6.45, 7) is -0.207. The van der Waals surface area contributed by atoms with Crippen LogP contribution < -0.4 is 0 Å². The largest absolute Gasteiger partial charge is 0.390 e. The van der Waals surface area contributed by atoms with Gasteiger partial charge in [0.2, 0.25) is 0 Å². The van der Waals surface area contributed by atoms with Crippen molar-refractivity contribution in [3.05, 3.63) is 17.0 Å². The smallest absolute Gasteiger partial charge is 0.154 e. The number of aromatic amines is 1. The van der Waals surface area contributed by atoms with E-state index >= 15 is 0 Å². The molecule has 72 valence electrons. The second kappa shape index (κ2) is 2.81. The van der Waals surface area contributed by atoms with Gasteiger partial charge < -0.3 is 5.11 Å².